The highest BCUT2D eigenvalue weighted by Crippen LogP contribution is 2.21. The van der Waals surface area contributed by atoms with Gasteiger partial charge in [0.15, 0.2) is 5.82 Å². The Morgan fingerprint density at radius 1 is 1.21 bits per heavy atom. The average molecular weight is 402 g/mol. The third kappa shape index (κ3) is 3.69. The number of aryl methyl sites for hydroxylation is 1. The number of carbonyl (C=O) groups excluding carboxylic acids is 1. The second-order valence-electron chi connectivity index (χ2n) is 6.04. The minimum atomic E-state index is -3.65. The van der Waals surface area contributed by atoms with Crippen LogP contribution in [0, 0.1) is 0 Å². The number of aromatic nitrogens is 4. The van der Waals surface area contributed by atoms with Gasteiger partial charge in [-0.15, -0.1) is 0 Å². The van der Waals surface area contributed by atoms with Crippen molar-refractivity contribution >= 4 is 21.6 Å². The van der Waals surface area contributed by atoms with E-state index in [4.69, 9.17) is 0 Å². The maximum atomic E-state index is 12.8. The summed E-state index contributed by atoms with van der Waals surface area (Å²) in [5.74, 6) is 0.0240. The summed E-state index contributed by atoms with van der Waals surface area (Å²) < 4.78 is 29.8. The zero-order valence-corrected chi connectivity index (χ0v) is 16.7. The molecule has 3 aromatic heterocycles. The summed E-state index contributed by atoms with van der Waals surface area (Å²) in [7, 11) is -2.01. The van der Waals surface area contributed by atoms with Crippen LogP contribution in [0.3, 0.4) is 0 Å². The Hall–Kier alpha value is -2.98. The number of anilines is 1. The first-order chi connectivity index (χ1) is 13.4. The molecular weight excluding hydrogens is 380 g/mol. The van der Waals surface area contributed by atoms with Crippen LogP contribution in [-0.4, -0.2) is 51.1 Å². The first-order valence-corrected chi connectivity index (χ1v) is 10.2. The zero-order valence-electron chi connectivity index (χ0n) is 15.9. The van der Waals surface area contributed by atoms with Crippen LogP contribution in [0.1, 0.15) is 24.3 Å². The van der Waals surface area contributed by atoms with Crippen molar-refractivity contribution in [3.05, 3.63) is 54.7 Å². The fourth-order valence-electron chi connectivity index (χ4n) is 2.87. The number of sulfonamides is 1. The SMILES string of the molecule is CCN(CC)S(=O)(=O)c1cc(C(=O)Nc2cccnc2-n2cccn2)n(C)c1. The van der Waals surface area contributed by atoms with Gasteiger partial charge in [0.25, 0.3) is 5.91 Å². The van der Waals surface area contributed by atoms with Gasteiger partial charge in [0.05, 0.1) is 5.69 Å². The van der Waals surface area contributed by atoms with Crippen LogP contribution in [0.25, 0.3) is 5.82 Å². The van der Waals surface area contributed by atoms with E-state index >= 15 is 0 Å². The molecule has 10 heteroatoms. The molecule has 0 saturated heterocycles. The second kappa shape index (κ2) is 7.95. The summed E-state index contributed by atoms with van der Waals surface area (Å²) in [5, 5.41) is 6.92. The molecule has 0 aliphatic carbocycles. The van der Waals surface area contributed by atoms with Crippen molar-refractivity contribution in [2.45, 2.75) is 18.7 Å². The van der Waals surface area contributed by atoms with Crippen molar-refractivity contribution in [2.75, 3.05) is 18.4 Å². The number of carbonyl (C=O) groups is 1. The molecule has 148 valence electrons. The maximum absolute atomic E-state index is 12.8. The van der Waals surface area contributed by atoms with Crippen molar-refractivity contribution in [1.82, 2.24) is 23.6 Å². The summed E-state index contributed by atoms with van der Waals surface area (Å²) in [6.45, 7) is 4.27. The predicted molar refractivity (Wildman–Crippen MR) is 105 cm³/mol. The minimum absolute atomic E-state index is 0.0855. The molecule has 9 nitrogen and oxygen atoms in total. The lowest BCUT2D eigenvalue weighted by molar-refractivity contribution is 0.101. The van der Waals surface area contributed by atoms with Crippen LogP contribution in [-0.2, 0) is 17.1 Å². The lowest BCUT2D eigenvalue weighted by Crippen LogP contribution is -2.30. The molecule has 0 aliphatic heterocycles. The molecule has 0 fully saturated rings. The van der Waals surface area contributed by atoms with Crippen molar-refractivity contribution in [3.8, 4) is 5.82 Å². The Kier molecular flexibility index (Phi) is 5.61. The van der Waals surface area contributed by atoms with Gasteiger partial charge in [-0.2, -0.15) is 9.40 Å². The highest BCUT2D eigenvalue weighted by atomic mass is 32.2. The normalized spacial score (nSPS) is 11.7. The van der Waals surface area contributed by atoms with Crippen LogP contribution in [0.4, 0.5) is 5.69 Å². The topological polar surface area (TPSA) is 102 Å². The van der Waals surface area contributed by atoms with Gasteiger partial charge in [-0.25, -0.2) is 18.1 Å². The van der Waals surface area contributed by atoms with E-state index in [0.717, 1.165) is 0 Å². The highest BCUT2D eigenvalue weighted by Gasteiger charge is 2.25. The number of nitrogens with one attached hydrogen (secondary N) is 1. The Balaban J connectivity index is 1.91. The molecule has 0 radical (unpaired) electrons. The van der Waals surface area contributed by atoms with E-state index in [2.05, 4.69) is 15.4 Å². The van der Waals surface area contributed by atoms with Gasteiger partial charge >= 0.3 is 0 Å². The Labute approximate surface area is 163 Å². The van der Waals surface area contributed by atoms with Crippen LogP contribution in [0.2, 0.25) is 0 Å². The second-order valence-corrected chi connectivity index (χ2v) is 7.98. The van der Waals surface area contributed by atoms with Crippen molar-refractivity contribution in [3.63, 3.8) is 0 Å². The molecule has 0 saturated carbocycles. The predicted octanol–water partition coefficient (Wildman–Crippen LogP) is 1.89. The van der Waals surface area contributed by atoms with Crippen LogP contribution < -0.4 is 5.32 Å². The van der Waals surface area contributed by atoms with E-state index in [1.807, 2.05) is 0 Å². The quantitative estimate of drug-likeness (QED) is 0.650. The summed E-state index contributed by atoms with van der Waals surface area (Å²) in [6.07, 6.45) is 6.38. The number of amides is 1. The lowest BCUT2D eigenvalue weighted by Gasteiger charge is -2.17. The van der Waals surface area contributed by atoms with Gasteiger partial charge in [0, 0.05) is 44.9 Å². The maximum Gasteiger partial charge on any atom is 0.272 e. The summed E-state index contributed by atoms with van der Waals surface area (Å²) in [4.78, 5) is 17.2. The number of nitrogens with zero attached hydrogens (tertiary/aromatic N) is 5. The standard InChI is InChI=1S/C18H22N6O3S/c1-4-23(5-2)28(26,27)14-12-16(22(3)13-14)18(25)21-15-8-6-9-19-17(15)24-11-7-10-20-24/h6-13H,4-5H2,1-3H3,(H,21,25). The van der Waals surface area contributed by atoms with Crippen LogP contribution in [0.5, 0.6) is 0 Å². The van der Waals surface area contributed by atoms with Gasteiger partial charge in [0.2, 0.25) is 10.0 Å². The van der Waals surface area contributed by atoms with E-state index in [1.165, 1.54) is 25.8 Å². The summed E-state index contributed by atoms with van der Waals surface area (Å²) in [5.41, 5.74) is 0.687. The Morgan fingerprint density at radius 3 is 2.61 bits per heavy atom. The van der Waals surface area contributed by atoms with Gasteiger partial charge in [-0.05, 0) is 24.3 Å². The molecule has 28 heavy (non-hydrogen) atoms. The molecule has 3 rings (SSSR count). The summed E-state index contributed by atoms with van der Waals surface area (Å²) in [6, 6.07) is 6.54. The van der Waals surface area contributed by atoms with Crippen molar-refractivity contribution in [1.29, 1.82) is 0 Å². The average Bonchev–Trinajstić information content (AvgIpc) is 3.33. The van der Waals surface area contributed by atoms with E-state index in [-0.39, 0.29) is 10.6 Å². The molecule has 1 N–H and O–H groups in total. The molecule has 0 aromatic carbocycles. The minimum Gasteiger partial charge on any atom is -0.345 e. The first-order valence-electron chi connectivity index (χ1n) is 8.81. The van der Waals surface area contributed by atoms with Crippen molar-refractivity contribution in [2.24, 2.45) is 7.05 Å². The third-order valence-corrected chi connectivity index (χ3v) is 6.33. The smallest absolute Gasteiger partial charge is 0.272 e. The molecule has 0 aliphatic rings. The number of hydrogen-bond donors (Lipinski definition) is 1. The van der Waals surface area contributed by atoms with E-state index < -0.39 is 15.9 Å². The molecule has 0 atom stereocenters. The number of rotatable bonds is 7. The van der Waals surface area contributed by atoms with Gasteiger partial charge in [-0.3, -0.25) is 4.79 Å². The highest BCUT2D eigenvalue weighted by molar-refractivity contribution is 7.89. The molecule has 3 heterocycles. The zero-order chi connectivity index (χ0) is 20.3. The molecular formula is C18H22N6O3S. The van der Waals surface area contributed by atoms with Crippen molar-refractivity contribution < 1.29 is 13.2 Å². The van der Waals surface area contributed by atoms with Gasteiger partial charge in [0.1, 0.15) is 10.6 Å². The molecule has 1 amide bonds. The molecule has 3 aromatic rings. The lowest BCUT2D eigenvalue weighted by atomic mass is 10.3. The molecule has 0 spiro atoms. The Morgan fingerprint density at radius 2 is 1.96 bits per heavy atom. The third-order valence-electron chi connectivity index (χ3n) is 4.31. The van der Waals surface area contributed by atoms with Crippen LogP contribution in [0.15, 0.2) is 53.9 Å². The van der Waals surface area contributed by atoms with E-state index in [0.29, 0.717) is 24.6 Å². The van der Waals surface area contributed by atoms with Gasteiger partial charge in [-0.1, -0.05) is 13.8 Å². The van der Waals surface area contributed by atoms with E-state index in [9.17, 15) is 13.2 Å². The number of pyridine rings is 1. The van der Waals surface area contributed by atoms with Crippen LogP contribution >= 0.6 is 0 Å². The first kappa shape index (κ1) is 19.8. The fraction of sp³-hybridized carbons (Fsp3) is 0.278. The number of hydrogen-bond acceptors (Lipinski definition) is 5. The largest absolute Gasteiger partial charge is 0.345 e. The summed E-state index contributed by atoms with van der Waals surface area (Å²) >= 11 is 0. The van der Waals surface area contributed by atoms with E-state index in [1.54, 1.807) is 57.7 Å². The Bertz CT molecular complexity index is 1070. The molecule has 0 unspecified atom stereocenters. The van der Waals surface area contributed by atoms with Gasteiger partial charge < -0.3 is 9.88 Å². The fourth-order valence-corrected chi connectivity index (χ4v) is 4.40. The molecule has 0 bridgehead atoms. The monoisotopic (exact) mass is 402 g/mol.